The summed E-state index contributed by atoms with van der Waals surface area (Å²) >= 11 is 1.62. The van der Waals surface area contributed by atoms with Gasteiger partial charge >= 0.3 is 6.03 Å². The Morgan fingerprint density at radius 1 is 1.20 bits per heavy atom. The third-order valence-electron chi connectivity index (χ3n) is 3.60. The summed E-state index contributed by atoms with van der Waals surface area (Å²) in [6.45, 7) is 5.10. The minimum Gasteiger partial charge on any atom is -0.451 e. The Hall–Kier alpha value is -2.68. The number of aryl methyl sites for hydroxylation is 2. The molecule has 0 radical (unpaired) electrons. The van der Waals surface area contributed by atoms with Crippen molar-refractivity contribution in [3.8, 4) is 0 Å². The number of thiazole rings is 1. The summed E-state index contributed by atoms with van der Waals surface area (Å²) in [5.74, 6) is 0. The van der Waals surface area contributed by atoms with Crippen LogP contribution in [0.4, 0.5) is 4.79 Å². The predicted molar refractivity (Wildman–Crippen MR) is 90.7 cm³/mol. The molecule has 0 atom stereocenters. The average Bonchev–Trinajstić information content (AvgIpc) is 3.34. The number of carbonyl (C=O) groups excluding carboxylic acids is 1. The highest BCUT2D eigenvalue weighted by molar-refractivity contribution is 7.11. The second-order valence-corrected chi connectivity index (χ2v) is 6.61. The molecule has 3 heterocycles. The predicted octanol–water partition coefficient (Wildman–Crippen LogP) is 2.90. The molecule has 2 amide bonds. The molecule has 0 aliphatic heterocycles. The first-order valence-corrected chi connectivity index (χ1v) is 8.69. The number of rotatable bonds is 7. The molecule has 3 aromatic heterocycles. The SMILES string of the molecule is CCc1nc(C)c(CNC(=O)N(Cc2cocn2)Cc2cocn2)s1. The van der Waals surface area contributed by atoms with Gasteiger partial charge in [0.15, 0.2) is 12.8 Å². The number of urea groups is 1. The summed E-state index contributed by atoms with van der Waals surface area (Å²) in [5.41, 5.74) is 2.29. The minimum absolute atomic E-state index is 0.211. The zero-order valence-corrected chi connectivity index (χ0v) is 14.9. The molecule has 0 spiro atoms. The summed E-state index contributed by atoms with van der Waals surface area (Å²) in [6.07, 6.45) is 6.61. The van der Waals surface area contributed by atoms with Crippen LogP contribution >= 0.6 is 11.3 Å². The Kier molecular flexibility index (Phi) is 5.44. The fourth-order valence-corrected chi connectivity index (χ4v) is 3.24. The Bertz CT molecular complexity index is 762. The van der Waals surface area contributed by atoms with Crippen LogP contribution in [-0.4, -0.2) is 25.9 Å². The molecule has 25 heavy (non-hydrogen) atoms. The quantitative estimate of drug-likeness (QED) is 0.695. The van der Waals surface area contributed by atoms with Crippen LogP contribution in [0, 0.1) is 6.92 Å². The van der Waals surface area contributed by atoms with Gasteiger partial charge in [0.2, 0.25) is 0 Å². The molecule has 0 aromatic carbocycles. The van der Waals surface area contributed by atoms with E-state index in [4.69, 9.17) is 8.83 Å². The van der Waals surface area contributed by atoms with Crippen LogP contribution in [-0.2, 0) is 26.1 Å². The van der Waals surface area contributed by atoms with Crippen molar-refractivity contribution in [3.05, 3.63) is 52.3 Å². The van der Waals surface area contributed by atoms with E-state index < -0.39 is 0 Å². The van der Waals surface area contributed by atoms with Gasteiger partial charge in [0.1, 0.15) is 12.5 Å². The largest absolute Gasteiger partial charge is 0.451 e. The van der Waals surface area contributed by atoms with Gasteiger partial charge in [0.25, 0.3) is 0 Å². The first kappa shape index (κ1) is 17.2. The third-order valence-corrected chi connectivity index (χ3v) is 4.90. The van der Waals surface area contributed by atoms with Gasteiger partial charge in [-0.25, -0.2) is 19.7 Å². The van der Waals surface area contributed by atoms with Gasteiger partial charge in [-0.2, -0.15) is 0 Å². The van der Waals surface area contributed by atoms with E-state index in [1.165, 1.54) is 25.3 Å². The van der Waals surface area contributed by atoms with Gasteiger partial charge in [-0.3, -0.25) is 0 Å². The molecular formula is C16H19N5O3S. The number of carbonyl (C=O) groups is 1. The van der Waals surface area contributed by atoms with E-state index in [1.54, 1.807) is 16.2 Å². The molecule has 0 aliphatic rings. The third kappa shape index (κ3) is 4.44. The summed E-state index contributed by atoms with van der Waals surface area (Å²) in [4.78, 5) is 27.9. The maximum atomic E-state index is 12.6. The van der Waals surface area contributed by atoms with Crippen LogP contribution in [0.3, 0.4) is 0 Å². The van der Waals surface area contributed by atoms with Crippen LogP contribution in [0.5, 0.6) is 0 Å². The standard InChI is InChI=1S/C16H19N5O3S/c1-3-15-20-11(2)14(25-15)4-17-16(22)21(5-12-7-23-9-18-12)6-13-8-24-10-19-13/h7-10H,3-6H2,1-2H3,(H,17,22). The van der Waals surface area contributed by atoms with Crippen molar-refractivity contribution in [1.82, 2.24) is 25.2 Å². The number of nitrogens with one attached hydrogen (secondary N) is 1. The Labute approximate surface area is 148 Å². The fraction of sp³-hybridized carbons (Fsp3) is 0.375. The maximum Gasteiger partial charge on any atom is 0.318 e. The van der Waals surface area contributed by atoms with Crippen molar-refractivity contribution in [1.29, 1.82) is 0 Å². The van der Waals surface area contributed by atoms with Gasteiger partial charge in [-0.05, 0) is 13.3 Å². The molecular weight excluding hydrogens is 342 g/mol. The highest BCUT2D eigenvalue weighted by Crippen LogP contribution is 2.18. The molecule has 0 fully saturated rings. The lowest BCUT2D eigenvalue weighted by molar-refractivity contribution is 0.190. The zero-order valence-electron chi connectivity index (χ0n) is 14.1. The van der Waals surface area contributed by atoms with Crippen LogP contribution in [0.25, 0.3) is 0 Å². The molecule has 8 nitrogen and oxygen atoms in total. The first-order chi connectivity index (χ1) is 12.2. The summed E-state index contributed by atoms with van der Waals surface area (Å²) in [6, 6.07) is -0.211. The number of hydrogen-bond donors (Lipinski definition) is 1. The molecule has 1 N–H and O–H groups in total. The minimum atomic E-state index is -0.211. The van der Waals surface area contributed by atoms with Crippen LogP contribution in [0.1, 0.15) is 33.9 Å². The number of nitrogens with zero attached hydrogens (tertiary/aromatic N) is 4. The van der Waals surface area contributed by atoms with Crippen molar-refractivity contribution in [2.45, 2.75) is 39.9 Å². The second kappa shape index (κ2) is 7.93. The highest BCUT2D eigenvalue weighted by atomic mass is 32.1. The van der Waals surface area contributed by atoms with Crippen LogP contribution in [0.15, 0.2) is 34.1 Å². The molecule has 3 rings (SSSR count). The maximum absolute atomic E-state index is 12.6. The average molecular weight is 361 g/mol. The molecule has 0 saturated carbocycles. The van der Waals surface area contributed by atoms with E-state index >= 15 is 0 Å². The topological polar surface area (TPSA) is 97.3 Å². The number of hydrogen-bond acceptors (Lipinski definition) is 7. The van der Waals surface area contributed by atoms with Crippen molar-refractivity contribution in [2.75, 3.05) is 0 Å². The van der Waals surface area contributed by atoms with Gasteiger partial charge < -0.3 is 19.1 Å². The monoisotopic (exact) mass is 361 g/mol. The van der Waals surface area contributed by atoms with Gasteiger partial charge in [0.05, 0.1) is 41.7 Å². The van der Waals surface area contributed by atoms with Crippen LogP contribution < -0.4 is 5.32 Å². The lowest BCUT2D eigenvalue weighted by Gasteiger charge is -2.21. The van der Waals surface area contributed by atoms with E-state index in [1.807, 2.05) is 6.92 Å². The first-order valence-electron chi connectivity index (χ1n) is 7.87. The lowest BCUT2D eigenvalue weighted by Crippen LogP contribution is -2.38. The molecule has 3 aromatic rings. The molecule has 0 aliphatic carbocycles. The smallest absolute Gasteiger partial charge is 0.318 e. The van der Waals surface area contributed by atoms with Gasteiger partial charge in [-0.15, -0.1) is 11.3 Å². The van der Waals surface area contributed by atoms with Crippen molar-refractivity contribution < 1.29 is 13.6 Å². The number of amides is 2. The highest BCUT2D eigenvalue weighted by Gasteiger charge is 2.18. The summed E-state index contributed by atoms with van der Waals surface area (Å²) in [7, 11) is 0. The molecule has 9 heteroatoms. The van der Waals surface area contributed by atoms with E-state index in [2.05, 4.69) is 27.2 Å². The molecule has 132 valence electrons. The Morgan fingerprint density at radius 3 is 2.32 bits per heavy atom. The Balaban J connectivity index is 1.66. The zero-order chi connectivity index (χ0) is 17.6. The number of aromatic nitrogens is 3. The van der Waals surface area contributed by atoms with Crippen molar-refractivity contribution in [3.63, 3.8) is 0 Å². The van der Waals surface area contributed by atoms with E-state index in [0.717, 1.165) is 22.0 Å². The lowest BCUT2D eigenvalue weighted by atomic mass is 10.3. The molecule has 0 bridgehead atoms. The fourth-order valence-electron chi connectivity index (χ4n) is 2.29. The van der Waals surface area contributed by atoms with E-state index in [-0.39, 0.29) is 6.03 Å². The summed E-state index contributed by atoms with van der Waals surface area (Å²) < 4.78 is 9.96. The van der Waals surface area contributed by atoms with E-state index in [0.29, 0.717) is 31.0 Å². The van der Waals surface area contributed by atoms with Gasteiger partial charge in [-0.1, -0.05) is 6.92 Å². The van der Waals surface area contributed by atoms with Gasteiger partial charge in [0, 0.05) is 4.88 Å². The van der Waals surface area contributed by atoms with E-state index in [9.17, 15) is 4.79 Å². The number of oxazole rings is 2. The summed E-state index contributed by atoms with van der Waals surface area (Å²) in [5, 5.41) is 4.02. The Morgan fingerprint density at radius 2 is 1.84 bits per heavy atom. The second-order valence-electron chi connectivity index (χ2n) is 5.44. The van der Waals surface area contributed by atoms with Crippen molar-refractivity contribution >= 4 is 17.4 Å². The molecule has 0 unspecified atom stereocenters. The van der Waals surface area contributed by atoms with Crippen molar-refractivity contribution in [2.24, 2.45) is 0 Å². The normalized spacial score (nSPS) is 10.8. The molecule has 0 saturated heterocycles. The van der Waals surface area contributed by atoms with Crippen LogP contribution in [0.2, 0.25) is 0 Å².